The minimum Gasteiger partial charge on any atom is -0.454 e. The van der Waals surface area contributed by atoms with Crippen LogP contribution < -0.4 is 0 Å². The van der Waals surface area contributed by atoms with Crippen molar-refractivity contribution in [2.75, 3.05) is 0 Å². The Bertz CT molecular complexity index is 275. The van der Waals surface area contributed by atoms with E-state index in [1.165, 1.54) is 0 Å². The average Bonchev–Trinajstić information content (AvgIpc) is 2.53. The van der Waals surface area contributed by atoms with Gasteiger partial charge >= 0.3 is 5.97 Å². The largest absolute Gasteiger partial charge is 0.454 e. The molecule has 2 saturated heterocycles. The second-order valence-corrected chi connectivity index (χ2v) is 4.54. The van der Waals surface area contributed by atoms with Gasteiger partial charge in [-0.25, -0.2) is 4.79 Å². The van der Waals surface area contributed by atoms with Crippen LogP contribution in [-0.4, -0.2) is 22.8 Å². The van der Waals surface area contributed by atoms with Gasteiger partial charge in [-0.1, -0.05) is 13.3 Å². The summed E-state index contributed by atoms with van der Waals surface area (Å²) in [7, 11) is 0. The average molecular weight is 184 g/mol. The zero-order valence-electron chi connectivity index (χ0n) is 8.64. The van der Waals surface area contributed by atoms with Crippen LogP contribution in [0.3, 0.4) is 0 Å². The highest BCUT2D eigenvalue weighted by molar-refractivity contribution is 5.88. The summed E-state index contributed by atoms with van der Waals surface area (Å²) < 4.78 is 10.9. The van der Waals surface area contributed by atoms with Gasteiger partial charge in [0.2, 0.25) is 0 Å². The summed E-state index contributed by atoms with van der Waals surface area (Å²) >= 11 is 0. The summed E-state index contributed by atoms with van der Waals surface area (Å²) in [6.07, 6.45) is 1.86. The first-order valence-electron chi connectivity index (χ1n) is 4.83. The van der Waals surface area contributed by atoms with E-state index in [1.807, 2.05) is 20.8 Å². The Kier molecular flexibility index (Phi) is 1.44. The van der Waals surface area contributed by atoms with Gasteiger partial charge in [-0.05, 0) is 27.2 Å². The summed E-state index contributed by atoms with van der Waals surface area (Å²) in [5.74, 6) is -0.203. The Morgan fingerprint density at radius 2 is 1.92 bits per heavy atom. The lowest BCUT2D eigenvalue weighted by Crippen LogP contribution is -2.40. The molecule has 0 aromatic heterocycles. The zero-order valence-corrected chi connectivity index (χ0v) is 8.64. The van der Waals surface area contributed by atoms with Crippen LogP contribution in [0, 0.1) is 0 Å². The van der Waals surface area contributed by atoms with Crippen LogP contribution in [0.15, 0.2) is 0 Å². The Hall–Kier alpha value is -0.570. The third kappa shape index (κ3) is 0.766. The predicted molar refractivity (Wildman–Crippen MR) is 47.3 cm³/mol. The molecule has 13 heavy (non-hydrogen) atoms. The van der Waals surface area contributed by atoms with Gasteiger partial charge in [-0.2, -0.15) is 0 Å². The van der Waals surface area contributed by atoms with Gasteiger partial charge < -0.3 is 9.47 Å². The second-order valence-electron chi connectivity index (χ2n) is 4.54. The van der Waals surface area contributed by atoms with Gasteiger partial charge in [0.05, 0.1) is 0 Å². The van der Waals surface area contributed by atoms with Gasteiger partial charge in [0.15, 0.2) is 5.60 Å². The Morgan fingerprint density at radius 1 is 1.31 bits per heavy atom. The number of carbonyl (C=O) groups excluding carboxylic acids is 1. The van der Waals surface area contributed by atoms with Crippen molar-refractivity contribution in [1.29, 1.82) is 0 Å². The molecule has 3 heteroatoms. The molecule has 0 N–H and O–H groups in total. The van der Waals surface area contributed by atoms with Crippen LogP contribution in [0.1, 0.15) is 40.5 Å². The van der Waals surface area contributed by atoms with Crippen molar-refractivity contribution < 1.29 is 14.3 Å². The monoisotopic (exact) mass is 184 g/mol. The molecule has 0 bridgehead atoms. The molecule has 2 aliphatic rings. The van der Waals surface area contributed by atoms with Crippen LogP contribution in [0.2, 0.25) is 0 Å². The molecule has 0 aromatic carbocycles. The van der Waals surface area contributed by atoms with Crippen molar-refractivity contribution in [3.63, 3.8) is 0 Å². The fourth-order valence-corrected chi connectivity index (χ4v) is 2.40. The first-order chi connectivity index (χ1) is 5.90. The number of carbonyl (C=O) groups is 1. The minimum absolute atomic E-state index is 0.203. The lowest BCUT2D eigenvalue weighted by atomic mass is 9.81. The topological polar surface area (TPSA) is 38.8 Å². The van der Waals surface area contributed by atoms with E-state index in [2.05, 4.69) is 6.92 Å². The zero-order chi connectivity index (χ0) is 9.91. The number of hydrogen-bond acceptors (Lipinski definition) is 3. The number of cyclic esters (lactones) is 1. The van der Waals surface area contributed by atoms with Crippen molar-refractivity contribution in [2.24, 2.45) is 0 Å². The highest BCUT2D eigenvalue weighted by atomic mass is 16.7. The normalized spacial score (nSPS) is 53.1. The molecule has 0 aliphatic carbocycles. The summed E-state index contributed by atoms with van der Waals surface area (Å²) in [6, 6.07) is 0. The lowest BCUT2D eigenvalue weighted by Gasteiger charge is -2.28. The maximum absolute atomic E-state index is 11.5. The van der Waals surface area contributed by atoms with Crippen LogP contribution in [0.4, 0.5) is 0 Å². The molecule has 0 aromatic rings. The summed E-state index contributed by atoms with van der Waals surface area (Å²) in [5.41, 5.74) is -1.49. The predicted octanol–water partition coefficient (Wildman–Crippen LogP) is 1.65. The van der Waals surface area contributed by atoms with E-state index in [4.69, 9.17) is 9.47 Å². The Balaban J connectivity index is 2.31. The first-order valence-corrected chi connectivity index (χ1v) is 4.83. The van der Waals surface area contributed by atoms with Crippen molar-refractivity contribution in [1.82, 2.24) is 0 Å². The summed E-state index contributed by atoms with van der Waals surface area (Å²) in [4.78, 5) is 11.5. The fourth-order valence-electron chi connectivity index (χ4n) is 2.40. The van der Waals surface area contributed by atoms with E-state index in [0.717, 1.165) is 12.8 Å². The molecule has 2 heterocycles. The third-order valence-corrected chi connectivity index (χ3v) is 3.72. The van der Waals surface area contributed by atoms with Crippen molar-refractivity contribution >= 4 is 5.97 Å². The number of fused-ring (bicyclic) bond motifs is 1. The van der Waals surface area contributed by atoms with E-state index >= 15 is 0 Å². The van der Waals surface area contributed by atoms with Crippen LogP contribution in [0.25, 0.3) is 0 Å². The standard InChI is InChI=1S/C10H16O3/c1-5-6-8(2)10(4)9(3,13-10)7(11)12-8/h5-6H2,1-4H3/t8-,9+,10-/m1/s1. The second kappa shape index (κ2) is 2.08. The van der Waals surface area contributed by atoms with E-state index < -0.39 is 16.8 Å². The molecular weight excluding hydrogens is 168 g/mol. The van der Waals surface area contributed by atoms with Gasteiger partial charge in [-0.15, -0.1) is 0 Å². The molecule has 2 rings (SSSR count). The number of epoxide rings is 1. The molecule has 2 aliphatic heterocycles. The van der Waals surface area contributed by atoms with E-state index in [1.54, 1.807) is 0 Å². The maximum atomic E-state index is 11.5. The molecule has 2 fully saturated rings. The summed E-state index contributed by atoms with van der Waals surface area (Å²) in [5, 5.41) is 0. The lowest BCUT2D eigenvalue weighted by molar-refractivity contribution is -0.166. The van der Waals surface area contributed by atoms with Gasteiger partial charge in [-0.3, -0.25) is 0 Å². The van der Waals surface area contributed by atoms with Crippen LogP contribution >= 0.6 is 0 Å². The molecule has 0 radical (unpaired) electrons. The molecule has 0 amide bonds. The quantitative estimate of drug-likeness (QED) is 0.484. The van der Waals surface area contributed by atoms with Crippen molar-refractivity contribution in [3.05, 3.63) is 0 Å². The van der Waals surface area contributed by atoms with Crippen LogP contribution in [0.5, 0.6) is 0 Å². The summed E-state index contributed by atoms with van der Waals surface area (Å²) in [6.45, 7) is 7.83. The van der Waals surface area contributed by atoms with Crippen LogP contribution in [-0.2, 0) is 14.3 Å². The van der Waals surface area contributed by atoms with Gasteiger partial charge in [0, 0.05) is 0 Å². The number of esters is 1. The Labute approximate surface area is 78.4 Å². The SMILES string of the molecule is CCC[C@@]1(C)OC(=O)[C@]2(C)O[C@]12C. The van der Waals surface area contributed by atoms with Gasteiger partial charge in [0.25, 0.3) is 0 Å². The smallest absolute Gasteiger partial charge is 0.342 e. The molecule has 74 valence electrons. The van der Waals surface area contributed by atoms with E-state index in [-0.39, 0.29) is 5.97 Å². The maximum Gasteiger partial charge on any atom is 0.342 e. The van der Waals surface area contributed by atoms with E-state index in [9.17, 15) is 4.79 Å². The number of ether oxygens (including phenoxy) is 2. The van der Waals surface area contributed by atoms with Crippen molar-refractivity contribution in [2.45, 2.75) is 57.3 Å². The minimum atomic E-state index is -0.670. The first kappa shape index (κ1) is 9.00. The highest BCUT2D eigenvalue weighted by Crippen LogP contribution is 2.62. The fraction of sp³-hybridized carbons (Fsp3) is 0.900. The molecule has 3 atom stereocenters. The molecular formula is C10H16O3. The number of hydrogen-bond donors (Lipinski definition) is 0. The molecule has 3 nitrogen and oxygen atoms in total. The third-order valence-electron chi connectivity index (χ3n) is 3.72. The molecule has 0 spiro atoms. The Morgan fingerprint density at radius 3 is 2.23 bits per heavy atom. The number of rotatable bonds is 2. The van der Waals surface area contributed by atoms with Crippen molar-refractivity contribution in [3.8, 4) is 0 Å². The highest BCUT2D eigenvalue weighted by Gasteiger charge is 2.83. The molecule has 0 saturated carbocycles. The van der Waals surface area contributed by atoms with E-state index in [0.29, 0.717) is 0 Å². The van der Waals surface area contributed by atoms with Gasteiger partial charge in [0.1, 0.15) is 11.2 Å². The molecule has 0 unspecified atom stereocenters.